The lowest BCUT2D eigenvalue weighted by atomic mass is 10.1. The van der Waals surface area contributed by atoms with Gasteiger partial charge in [-0.3, -0.25) is 0 Å². The van der Waals surface area contributed by atoms with E-state index < -0.39 is 0 Å². The molecule has 0 fully saturated rings. The van der Waals surface area contributed by atoms with E-state index >= 15 is 0 Å². The van der Waals surface area contributed by atoms with Crippen LogP contribution < -0.4 is 15.9 Å². The number of pyridine rings is 2. The van der Waals surface area contributed by atoms with Crippen LogP contribution in [0, 0.1) is 0 Å². The molecule has 2 aromatic rings. The maximum absolute atomic E-state index is 6.26. The molecule has 0 saturated heterocycles. The van der Waals surface area contributed by atoms with Crippen LogP contribution in [0.2, 0.25) is 0 Å². The molecule has 1 aliphatic carbocycles. The summed E-state index contributed by atoms with van der Waals surface area (Å²) in [4.78, 5) is 9.11. The molecule has 2 heterocycles. The fourth-order valence-corrected chi connectivity index (χ4v) is 2.53. The van der Waals surface area contributed by atoms with E-state index in [0.717, 1.165) is 52.2 Å². The average molecular weight is 286 g/mol. The van der Waals surface area contributed by atoms with E-state index in [1.54, 1.807) is 0 Å². The van der Waals surface area contributed by atoms with Gasteiger partial charge in [0.1, 0.15) is 11.6 Å². The van der Waals surface area contributed by atoms with Crippen LogP contribution in [-0.2, 0) is 6.42 Å². The molecule has 0 amide bonds. The van der Waals surface area contributed by atoms with Crippen LogP contribution in [0.5, 0.6) is 0 Å². The lowest BCUT2D eigenvalue weighted by Crippen LogP contribution is -2.32. The molecule has 0 aliphatic heterocycles. The van der Waals surface area contributed by atoms with Crippen molar-refractivity contribution >= 4 is 34.3 Å². The number of aryl methyl sites for hydroxylation is 1. The molecule has 0 aromatic carbocycles. The van der Waals surface area contributed by atoms with Gasteiger partial charge < -0.3 is 5.32 Å². The average Bonchev–Trinajstić information content (AvgIpc) is 2.48. The maximum Gasteiger partial charge on any atom is 0.132 e. The Morgan fingerprint density at radius 2 is 2.00 bits per heavy atom. The molecule has 102 valence electrons. The van der Waals surface area contributed by atoms with Gasteiger partial charge in [-0.25, -0.2) is 9.97 Å². The second kappa shape index (κ2) is 5.63. The van der Waals surface area contributed by atoms with Gasteiger partial charge >= 0.3 is 0 Å². The highest BCUT2D eigenvalue weighted by atomic mass is 35.5. The summed E-state index contributed by atoms with van der Waals surface area (Å²) in [6.45, 7) is 2.09. The summed E-state index contributed by atoms with van der Waals surface area (Å²) in [6, 6.07) is 9.98. The van der Waals surface area contributed by atoms with Gasteiger partial charge in [0.05, 0.1) is 5.35 Å². The smallest absolute Gasteiger partial charge is 0.132 e. The zero-order chi connectivity index (χ0) is 13.9. The molecule has 2 aromatic heterocycles. The highest BCUT2D eigenvalue weighted by Gasteiger charge is 2.05. The SMILES string of the molecule is CCc1cccc(Nc2ccc3c(n2)=C(Cl)CCC=3)n1. The van der Waals surface area contributed by atoms with Gasteiger partial charge in [-0.1, -0.05) is 30.7 Å². The van der Waals surface area contributed by atoms with Crippen LogP contribution in [0.3, 0.4) is 0 Å². The Labute approximate surface area is 123 Å². The molecule has 3 rings (SSSR count). The Morgan fingerprint density at radius 3 is 2.85 bits per heavy atom. The second-order valence-electron chi connectivity index (χ2n) is 4.77. The van der Waals surface area contributed by atoms with Gasteiger partial charge in [-0.2, -0.15) is 0 Å². The number of hydrogen-bond donors (Lipinski definition) is 1. The third-order valence-electron chi connectivity index (χ3n) is 3.34. The predicted octanol–water partition coefficient (Wildman–Crippen LogP) is 2.70. The van der Waals surface area contributed by atoms with Crippen molar-refractivity contribution in [2.24, 2.45) is 0 Å². The van der Waals surface area contributed by atoms with Gasteiger partial charge in [0.15, 0.2) is 0 Å². The number of halogens is 1. The first-order valence-corrected chi connectivity index (χ1v) is 7.23. The van der Waals surface area contributed by atoms with E-state index in [4.69, 9.17) is 11.6 Å². The number of aromatic nitrogens is 2. The predicted molar refractivity (Wildman–Crippen MR) is 83.3 cm³/mol. The van der Waals surface area contributed by atoms with Crippen LogP contribution in [0.25, 0.3) is 11.1 Å². The minimum absolute atomic E-state index is 0.776. The van der Waals surface area contributed by atoms with Crippen molar-refractivity contribution < 1.29 is 0 Å². The van der Waals surface area contributed by atoms with E-state index in [-0.39, 0.29) is 0 Å². The molecule has 1 N–H and O–H groups in total. The molecule has 0 unspecified atom stereocenters. The van der Waals surface area contributed by atoms with Gasteiger partial charge in [0.2, 0.25) is 0 Å². The van der Waals surface area contributed by atoms with E-state index in [1.807, 2.05) is 24.3 Å². The molecule has 0 saturated carbocycles. The van der Waals surface area contributed by atoms with Crippen molar-refractivity contribution in [1.29, 1.82) is 0 Å². The summed E-state index contributed by atoms with van der Waals surface area (Å²) in [7, 11) is 0. The fraction of sp³-hybridized carbons (Fsp3) is 0.250. The van der Waals surface area contributed by atoms with E-state index in [1.165, 1.54) is 0 Å². The summed E-state index contributed by atoms with van der Waals surface area (Å²) in [5.41, 5.74) is 1.06. The third kappa shape index (κ3) is 2.68. The summed E-state index contributed by atoms with van der Waals surface area (Å²) in [5.74, 6) is 1.59. The standard InChI is InChI=1S/C16H16ClN3/c1-2-12-6-4-8-14(18-12)19-15-10-9-11-5-3-7-13(17)16(11)20-15/h4-6,8-10H,2-3,7H2,1H3,(H,18,19,20). The monoisotopic (exact) mass is 285 g/mol. The number of anilines is 2. The Hall–Kier alpha value is -1.87. The molecule has 20 heavy (non-hydrogen) atoms. The molecular weight excluding hydrogens is 270 g/mol. The number of hydrogen-bond acceptors (Lipinski definition) is 3. The number of fused-ring (bicyclic) bond motifs is 1. The van der Waals surface area contributed by atoms with Gasteiger partial charge in [-0.15, -0.1) is 0 Å². The van der Waals surface area contributed by atoms with Gasteiger partial charge in [-0.05, 0) is 48.7 Å². The first-order valence-electron chi connectivity index (χ1n) is 6.85. The summed E-state index contributed by atoms with van der Waals surface area (Å²) >= 11 is 6.26. The Kier molecular flexibility index (Phi) is 3.70. The minimum atomic E-state index is 0.776. The van der Waals surface area contributed by atoms with Crippen molar-refractivity contribution in [2.75, 3.05) is 5.32 Å². The van der Waals surface area contributed by atoms with Crippen molar-refractivity contribution in [3.8, 4) is 0 Å². The Balaban J connectivity index is 1.96. The summed E-state index contributed by atoms with van der Waals surface area (Å²) in [6.07, 6.45) is 4.95. The molecular formula is C16H16ClN3. The van der Waals surface area contributed by atoms with Crippen LogP contribution in [0.1, 0.15) is 25.5 Å². The quantitative estimate of drug-likeness (QED) is 0.942. The van der Waals surface area contributed by atoms with Crippen LogP contribution in [0.4, 0.5) is 11.6 Å². The Bertz CT molecular complexity index is 753. The van der Waals surface area contributed by atoms with Gasteiger partial charge in [0.25, 0.3) is 0 Å². The number of nitrogens with zero attached hydrogens (tertiary/aromatic N) is 2. The maximum atomic E-state index is 6.26. The molecule has 0 radical (unpaired) electrons. The fourth-order valence-electron chi connectivity index (χ4n) is 2.27. The minimum Gasteiger partial charge on any atom is -0.325 e. The van der Waals surface area contributed by atoms with E-state index in [9.17, 15) is 0 Å². The third-order valence-corrected chi connectivity index (χ3v) is 3.70. The largest absolute Gasteiger partial charge is 0.325 e. The Morgan fingerprint density at radius 1 is 1.15 bits per heavy atom. The second-order valence-corrected chi connectivity index (χ2v) is 5.23. The molecule has 0 atom stereocenters. The van der Waals surface area contributed by atoms with Crippen molar-refractivity contribution in [2.45, 2.75) is 26.2 Å². The molecule has 4 heteroatoms. The van der Waals surface area contributed by atoms with Crippen molar-refractivity contribution in [3.63, 3.8) is 0 Å². The van der Waals surface area contributed by atoms with Crippen molar-refractivity contribution in [1.82, 2.24) is 9.97 Å². The zero-order valence-corrected chi connectivity index (χ0v) is 12.1. The lowest BCUT2D eigenvalue weighted by molar-refractivity contribution is 1.03. The summed E-state index contributed by atoms with van der Waals surface area (Å²) < 4.78 is 0. The van der Waals surface area contributed by atoms with Gasteiger partial charge in [0, 0.05) is 10.7 Å². The van der Waals surface area contributed by atoms with E-state index in [2.05, 4.69) is 34.4 Å². The molecule has 3 nitrogen and oxygen atoms in total. The molecule has 0 bridgehead atoms. The topological polar surface area (TPSA) is 37.8 Å². The van der Waals surface area contributed by atoms with Crippen LogP contribution in [0.15, 0.2) is 30.3 Å². The van der Waals surface area contributed by atoms with Crippen molar-refractivity contribution in [3.05, 3.63) is 46.6 Å². The van der Waals surface area contributed by atoms with Crippen LogP contribution >= 0.6 is 11.6 Å². The number of rotatable bonds is 3. The lowest BCUT2D eigenvalue weighted by Gasteiger charge is -2.08. The highest BCUT2D eigenvalue weighted by molar-refractivity contribution is 6.45. The normalized spacial score (nSPS) is 13.6. The van der Waals surface area contributed by atoms with E-state index in [0.29, 0.717) is 0 Å². The first kappa shape index (κ1) is 13.1. The zero-order valence-electron chi connectivity index (χ0n) is 11.4. The highest BCUT2D eigenvalue weighted by Crippen LogP contribution is 2.14. The first-order chi connectivity index (χ1) is 9.76. The van der Waals surface area contributed by atoms with Crippen LogP contribution in [-0.4, -0.2) is 9.97 Å². The summed E-state index contributed by atoms with van der Waals surface area (Å²) in [5, 5.41) is 6.07. The molecule has 1 aliphatic rings. The molecule has 0 spiro atoms. The number of nitrogens with one attached hydrogen (secondary N) is 1.